The third-order valence-corrected chi connectivity index (χ3v) is 6.54. The Labute approximate surface area is 214 Å². The summed E-state index contributed by atoms with van der Waals surface area (Å²) in [5.74, 6) is 0.757. The van der Waals surface area contributed by atoms with Crippen LogP contribution < -0.4 is 10.3 Å². The van der Waals surface area contributed by atoms with Gasteiger partial charge in [0.05, 0.1) is 23.5 Å². The van der Waals surface area contributed by atoms with Crippen LogP contribution in [-0.2, 0) is 0 Å². The van der Waals surface area contributed by atoms with Crippen molar-refractivity contribution in [1.29, 1.82) is 0 Å². The molecule has 0 spiro atoms. The molecular formula is C25H17Cl2N5O2S. The number of rotatable bonds is 6. The minimum Gasteiger partial charge on any atom is -0.497 e. The van der Waals surface area contributed by atoms with Crippen molar-refractivity contribution in [2.24, 2.45) is 10.2 Å². The van der Waals surface area contributed by atoms with Gasteiger partial charge in [-0.05, 0) is 42.5 Å². The van der Waals surface area contributed by atoms with Gasteiger partial charge in [-0.3, -0.25) is 9.89 Å². The van der Waals surface area contributed by atoms with E-state index in [1.165, 1.54) is 16.0 Å². The van der Waals surface area contributed by atoms with Gasteiger partial charge < -0.3 is 4.74 Å². The molecule has 5 rings (SSSR count). The molecule has 0 unspecified atom stereocenters. The summed E-state index contributed by atoms with van der Waals surface area (Å²) in [4.78, 5) is 18.1. The molecule has 2 heterocycles. The highest BCUT2D eigenvalue weighted by atomic mass is 35.5. The number of benzene rings is 3. The fourth-order valence-corrected chi connectivity index (χ4v) is 4.50. The van der Waals surface area contributed by atoms with Gasteiger partial charge in [-0.15, -0.1) is 21.6 Å². The van der Waals surface area contributed by atoms with Crippen LogP contribution in [0.1, 0.15) is 0 Å². The zero-order valence-electron chi connectivity index (χ0n) is 18.3. The monoisotopic (exact) mass is 521 g/mol. The Hall–Kier alpha value is -3.72. The number of halogens is 2. The minimum atomic E-state index is -0.388. The van der Waals surface area contributed by atoms with Crippen LogP contribution in [-0.4, -0.2) is 21.9 Å². The molecular weight excluding hydrogens is 505 g/mol. The Balaban J connectivity index is 1.58. The molecule has 0 saturated heterocycles. The molecule has 174 valence electrons. The normalized spacial score (nSPS) is 11.3. The highest BCUT2D eigenvalue weighted by molar-refractivity contribution is 7.12. The summed E-state index contributed by atoms with van der Waals surface area (Å²) in [5.41, 5.74) is 3.05. The summed E-state index contributed by atoms with van der Waals surface area (Å²) in [6, 6.07) is 21.8. The average Bonchev–Trinajstić information content (AvgIpc) is 3.50. The van der Waals surface area contributed by atoms with E-state index >= 15 is 0 Å². The second-order valence-electron chi connectivity index (χ2n) is 7.38. The van der Waals surface area contributed by atoms with Crippen LogP contribution in [0, 0.1) is 0 Å². The van der Waals surface area contributed by atoms with Crippen molar-refractivity contribution in [3.63, 3.8) is 0 Å². The third kappa shape index (κ3) is 4.77. The Kier molecular flexibility index (Phi) is 6.50. The van der Waals surface area contributed by atoms with Crippen LogP contribution >= 0.6 is 34.5 Å². The molecule has 0 bridgehead atoms. The number of aromatic nitrogens is 3. The number of nitrogens with zero attached hydrogens (tertiary/aromatic N) is 4. The first kappa shape index (κ1) is 23.0. The van der Waals surface area contributed by atoms with Gasteiger partial charge in [-0.25, -0.2) is 4.98 Å². The lowest BCUT2D eigenvalue weighted by molar-refractivity contribution is 0.415. The number of H-pyrrole nitrogens is 1. The number of nitrogens with one attached hydrogen (secondary N) is 1. The predicted octanol–water partition coefficient (Wildman–Crippen LogP) is 7.69. The summed E-state index contributed by atoms with van der Waals surface area (Å²) in [5, 5.41) is 14.8. The quantitative estimate of drug-likeness (QED) is 0.232. The number of ether oxygens (including phenoxy) is 1. The molecule has 1 N–H and O–H groups in total. The molecule has 0 atom stereocenters. The average molecular weight is 522 g/mol. The van der Waals surface area contributed by atoms with Crippen molar-refractivity contribution in [3.05, 3.63) is 98.6 Å². The first-order chi connectivity index (χ1) is 17.0. The van der Waals surface area contributed by atoms with Crippen molar-refractivity contribution in [1.82, 2.24) is 14.8 Å². The molecule has 0 amide bonds. The van der Waals surface area contributed by atoms with Crippen LogP contribution in [0.2, 0.25) is 10.0 Å². The molecule has 35 heavy (non-hydrogen) atoms. The van der Waals surface area contributed by atoms with Crippen LogP contribution in [0.5, 0.6) is 5.75 Å². The summed E-state index contributed by atoms with van der Waals surface area (Å²) in [6.45, 7) is 0. The Bertz CT molecular complexity index is 1570. The summed E-state index contributed by atoms with van der Waals surface area (Å²) < 4.78 is 6.59. The van der Waals surface area contributed by atoms with Gasteiger partial charge in [0.2, 0.25) is 5.13 Å². The maximum atomic E-state index is 13.4. The van der Waals surface area contributed by atoms with E-state index in [0.29, 0.717) is 26.6 Å². The molecule has 5 aromatic rings. The van der Waals surface area contributed by atoms with E-state index in [2.05, 4.69) is 20.3 Å². The van der Waals surface area contributed by atoms with E-state index in [0.717, 1.165) is 22.6 Å². The van der Waals surface area contributed by atoms with E-state index in [-0.39, 0.29) is 11.2 Å². The van der Waals surface area contributed by atoms with E-state index in [1.807, 2.05) is 60.0 Å². The lowest BCUT2D eigenvalue weighted by atomic mass is 10.1. The Morgan fingerprint density at radius 3 is 2.49 bits per heavy atom. The fourth-order valence-electron chi connectivity index (χ4n) is 3.39. The molecule has 0 aliphatic carbocycles. The molecule has 0 aliphatic rings. The van der Waals surface area contributed by atoms with Gasteiger partial charge in [0.15, 0.2) is 5.69 Å². The standard InChI is InChI=1S/C25H17Cl2N5O2S/c1-34-18-10-7-15(8-11-18)21-14-35-25(28-21)32-24(33)23(22(31-32)16-5-3-2-4-6-16)30-29-20-13-17(26)9-12-19(20)27/h2-14,31H,1H3. The van der Waals surface area contributed by atoms with Crippen LogP contribution in [0.15, 0.2) is 93.2 Å². The zero-order chi connectivity index (χ0) is 24.4. The largest absolute Gasteiger partial charge is 0.497 e. The summed E-state index contributed by atoms with van der Waals surface area (Å²) in [7, 11) is 1.62. The van der Waals surface area contributed by atoms with E-state index in [4.69, 9.17) is 27.9 Å². The van der Waals surface area contributed by atoms with Gasteiger partial charge in [-0.1, -0.05) is 53.5 Å². The SMILES string of the molecule is COc1ccc(-c2csc(-n3[nH]c(-c4ccccc4)c(N=Nc4cc(Cl)ccc4Cl)c3=O)n2)cc1. The van der Waals surface area contributed by atoms with Gasteiger partial charge in [0, 0.05) is 21.5 Å². The van der Waals surface area contributed by atoms with E-state index in [1.54, 1.807) is 25.3 Å². The van der Waals surface area contributed by atoms with Crippen LogP contribution in [0.3, 0.4) is 0 Å². The number of azo groups is 1. The van der Waals surface area contributed by atoms with Crippen molar-refractivity contribution in [3.8, 4) is 33.4 Å². The zero-order valence-corrected chi connectivity index (χ0v) is 20.6. The lowest BCUT2D eigenvalue weighted by Gasteiger charge is -2.00. The molecule has 0 radical (unpaired) electrons. The minimum absolute atomic E-state index is 0.133. The van der Waals surface area contributed by atoms with Gasteiger partial charge >= 0.3 is 5.56 Å². The maximum absolute atomic E-state index is 13.4. The van der Waals surface area contributed by atoms with Crippen molar-refractivity contribution in [2.75, 3.05) is 7.11 Å². The molecule has 0 aliphatic heterocycles. The van der Waals surface area contributed by atoms with Gasteiger partial charge in [-0.2, -0.15) is 4.68 Å². The Morgan fingerprint density at radius 1 is 0.971 bits per heavy atom. The molecule has 2 aromatic heterocycles. The maximum Gasteiger partial charge on any atom is 0.301 e. The smallest absolute Gasteiger partial charge is 0.301 e. The van der Waals surface area contributed by atoms with Crippen molar-refractivity contribution < 1.29 is 4.74 Å². The first-order valence-corrected chi connectivity index (χ1v) is 12.0. The summed E-state index contributed by atoms with van der Waals surface area (Å²) >= 11 is 13.6. The van der Waals surface area contributed by atoms with Crippen molar-refractivity contribution >= 4 is 45.9 Å². The first-order valence-electron chi connectivity index (χ1n) is 10.4. The number of aromatic amines is 1. The lowest BCUT2D eigenvalue weighted by Crippen LogP contribution is -2.13. The molecule has 0 fully saturated rings. The molecule has 7 nitrogen and oxygen atoms in total. The number of methoxy groups -OCH3 is 1. The van der Waals surface area contributed by atoms with Gasteiger partial charge in [0.25, 0.3) is 0 Å². The topological polar surface area (TPSA) is 84.6 Å². The number of hydrogen-bond donors (Lipinski definition) is 1. The molecule has 0 saturated carbocycles. The predicted molar refractivity (Wildman–Crippen MR) is 140 cm³/mol. The van der Waals surface area contributed by atoms with E-state index in [9.17, 15) is 4.79 Å². The second kappa shape index (κ2) is 9.87. The van der Waals surface area contributed by atoms with Crippen molar-refractivity contribution in [2.45, 2.75) is 0 Å². The highest BCUT2D eigenvalue weighted by Gasteiger charge is 2.19. The second-order valence-corrected chi connectivity index (χ2v) is 9.06. The number of thiazole rings is 1. The van der Waals surface area contributed by atoms with Gasteiger partial charge in [0.1, 0.15) is 11.4 Å². The Morgan fingerprint density at radius 2 is 1.74 bits per heavy atom. The fraction of sp³-hybridized carbons (Fsp3) is 0.0400. The summed E-state index contributed by atoms with van der Waals surface area (Å²) in [6.07, 6.45) is 0. The molecule has 3 aromatic carbocycles. The van der Waals surface area contributed by atoms with Crippen LogP contribution in [0.25, 0.3) is 27.6 Å². The number of hydrogen-bond acceptors (Lipinski definition) is 6. The highest BCUT2D eigenvalue weighted by Crippen LogP contribution is 2.33. The van der Waals surface area contributed by atoms with Crippen LogP contribution in [0.4, 0.5) is 11.4 Å². The van der Waals surface area contributed by atoms with E-state index < -0.39 is 0 Å². The third-order valence-electron chi connectivity index (χ3n) is 5.16. The molecule has 10 heteroatoms.